The molecule has 1 atom stereocenters. The third-order valence-corrected chi connectivity index (χ3v) is 6.31. The number of hydrogen-bond donors (Lipinski definition) is 1. The highest BCUT2D eigenvalue weighted by Gasteiger charge is 2.35. The first-order valence-corrected chi connectivity index (χ1v) is 10.7. The summed E-state index contributed by atoms with van der Waals surface area (Å²) in [5.41, 5.74) is 0.619. The monoisotopic (exact) mass is 399 g/mol. The minimum atomic E-state index is -0.135. The number of carbonyl (C=O) groups is 3. The molecule has 4 amide bonds. The Bertz CT molecular complexity index is 748. The number of carbonyl (C=O) groups excluding carboxylic acids is 3. The predicted molar refractivity (Wildman–Crippen MR) is 107 cm³/mol. The largest absolute Gasteiger partial charge is 0.342 e. The second-order valence-corrected chi connectivity index (χ2v) is 8.16. The van der Waals surface area contributed by atoms with Gasteiger partial charge in [0.05, 0.1) is 5.92 Å². The Kier molecular flexibility index (Phi) is 5.97. The summed E-state index contributed by atoms with van der Waals surface area (Å²) < 4.78 is 0. The second kappa shape index (κ2) is 8.80. The van der Waals surface area contributed by atoms with Gasteiger partial charge in [-0.15, -0.1) is 0 Å². The number of nitrogens with zero attached hydrogens (tertiary/aromatic N) is 4. The van der Waals surface area contributed by atoms with Gasteiger partial charge in [0.1, 0.15) is 0 Å². The van der Waals surface area contributed by atoms with Crippen LogP contribution in [-0.4, -0.2) is 82.8 Å². The summed E-state index contributed by atoms with van der Waals surface area (Å²) in [5, 5.41) is 2.91. The first kappa shape index (κ1) is 19.7. The van der Waals surface area contributed by atoms with Gasteiger partial charge in [-0.2, -0.15) is 0 Å². The average molecular weight is 399 g/mol. The van der Waals surface area contributed by atoms with Crippen LogP contribution < -0.4 is 5.32 Å². The Morgan fingerprint density at radius 3 is 2.45 bits per heavy atom. The molecule has 0 bridgehead atoms. The minimum absolute atomic E-state index is 0.0265. The molecule has 156 valence electrons. The van der Waals surface area contributed by atoms with Gasteiger partial charge in [-0.3, -0.25) is 14.6 Å². The Labute approximate surface area is 171 Å². The fraction of sp³-hybridized carbons (Fsp3) is 0.619. The minimum Gasteiger partial charge on any atom is -0.342 e. The maximum Gasteiger partial charge on any atom is 0.317 e. The Morgan fingerprint density at radius 2 is 1.72 bits per heavy atom. The summed E-state index contributed by atoms with van der Waals surface area (Å²) in [5.74, 6) is -0.0112. The molecule has 8 heteroatoms. The Hall–Kier alpha value is -2.64. The predicted octanol–water partition coefficient (Wildman–Crippen LogP) is 1.34. The molecule has 0 aromatic carbocycles. The normalized spacial score (nSPS) is 23.7. The van der Waals surface area contributed by atoms with Crippen LogP contribution in [0.2, 0.25) is 0 Å². The van der Waals surface area contributed by atoms with Crippen LogP contribution in [-0.2, 0) is 4.79 Å². The van der Waals surface area contributed by atoms with E-state index in [1.165, 1.54) is 0 Å². The van der Waals surface area contributed by atoms with Crippen molar-refractivity contribution in [1.29, 1.82) is 0 Å². The molecule has 0 radical (unpaired) electrons. The van der Waals surface area contributed by atoms with Crippen molar-refractivity contribution in [2.45, 2.75) is 38.1 Å². The van der Waals surface area contributed by atoms with Crippen molar-refractivity contribution in [2.24, 2.45) is 5.92 Å². The zero-order chi connectivity index (χ0) is 20.2. The lowest BCUT2D eigenvalue weighted by Crippen LogP contribution is -2.55. The number of hydrogen-bond acceptors (Lipinski definition) is 4. The lowest BCUT2D eigenvalue weighted by molar-refractivity contribution is -0.138. The molecule has 1 N–H and O–H groups in total. The summed E-state index contributed by atoms with van der Waals surface area (Å²) in [7, 11) is 0. The van der Waals surface area contributed by atoms with Crippen LogP contribution in [0.4, 0.5) is 4.79 Å². The quantitative estimate of drug-likeness (QED) is 0.831. The van der Waals surface area contributed by atoms with Gasteiger partial charge >= 0.3 is 6.03 Å². The van der Waals surface area contributed by atoms with Crippen LogP contribution in [0.25, 0.3) is 0 Å². The van der Waals surface area contributed by atoms with E-state index in [-0.39, 0.29) is 29.8 Å². The van der Waals surface area contributed by atoms with Crippen LogP contribution in [0, 0.1) is 5.92 Å². The SMILES string of the molecule is O=C(c1ccncc1)N1CCCC(C(=O)N2CCC(N3CCCNC3=O)CC2)C1. The molecule has 8 nitrogen and oxygen atoms in total. The summed E-state index contributed by atoms with van der Waals surface area (Å²) in [4.78, 5) is 47.5. The lowest BCUT2D eigenvalue weighted by Gasteiger charge is -2.42. The van der Waals surface area contributed by atoms with Crippen LogP contribution in [0.3, 0.4) is 0 Å². The van der Waals surface area contributed by atoms with E-state index >= 15 is 0 Å². The maximum absolute atomic E-state index is 13.1. The lowest BCUT2D eigenvalue weighted by atomic mass is 9.94. The van der Waals surface area contributed by atoms with Gasteiger partial charge < -0.3 is 20.0 Å². The van der Waals surface area contributed by atoms with Gasteiger partial charge in [-0.1, -0.05) is 0 Å². The van der Waals surface area contributed by atoms with Crippen molar-refractivity contribution in [1.82, 2.24) is 25.0 Å². The highest BCUT2D eigenvalue weighted by molar-refractivity contribution is 5.94. The average Bonchev–Trinajstić information content (AvgIpc) is 2.79. The molecule has 3 fully saturated rings. The van der Waals surface area contributed by atoms with Gasteiger partial charge in [0.15, 0.2) is 0 Å². The molecule has 3 saturated heterocycles. The molecule has 29 heavy (non-hydrogen) atoms. The van der Waals surface area contributed by atoms with E-state index in [2.05, 4.69) is 10.3 Å². The van der Waals surface area contributed by atoms with Crippen LogP contribution in [0.1, 0.15) is 42.5 Å². The highest BCUT2D eigenvalue weighted by atomic mass is 16.2. The van der Waals surface area contributed by atoms with Gasteiger partial charge in [0, 0.05) is 63.3 Å². The van der Waals surface area contributed by atoms with E-state index < -0.39 is 0 Å². The number of piperidine rings is 2. The van der Waals surface area contributed by atoms with Crippen molar-refractivity contribution < 1.29 is 14.4 Å². The molecule has 0 spiro atoms. The number of pyridine rings is 1. The number of amides is 4. The Morgan fingerprint density at radius 1 is 0.966 bits per heavy atom. The molecular weight excluding hydrogens is 370 g/mol. The van der Waals surface area contributed by atoms with Crippen molar-refractivity contribution in [3.63, 3.8) is 0 Å². The van der Waals surface area contributed by atoms with Gasteiger partial charge in [0.25, 0.3) is 5.91 Å². The van der Waals surface area contributed by atoms with Crippen molar-refractivity contribution >= 4 is 17.8 Å². The summed E-state index contributed by atoms with van der Waals surface area (Å²) >= 11 is 0. The summed E-state index contributed by atoms with van der Waals surface area (Å²) in [6.45, 7) is 4.10. The fourth-order valence-electron chi connectivity index (χ4n) is 4.69. The molecule has 4 rings (SSSR count). The molecular formula is C21H29N5O3. The van der Waals surface area contributed by atoms with Gasteiger partial charge in [0.2, 0.25) is 5.91 Å². The maximum atomic E-state index is 13.1. The van der Waals surface area contributed by atoms with Gasteiger partial charge in [-0.05, 0) is 44.2 Å². The fourth-order valence-corrected chi connectivity index (χ4v) is 4.69. The molecule has 3 aliphatic heterocycles. The van der Waals surface area contributed by atoms with Crippen molar-refractivity contribution in [3.8, 4) is 0 Å². The second-order valence-electron chi connectivity index (χ2n) is 8.16. The zero-order valence-corrected chi connectivity index (χ0v) is 16.8. The zero-order valence-electron chi connectivity index (χ0n) is 16.8. The molecule has 3 aliphatic rings. The number of urea groups is 1. The van der Waals surface area contributed by atoms with Crippen molar-refractivity contribution in [2.75, 3.05) is 39.3 Å². The van der Waals surface area contributed by atoms with E-state index in [1.54, 1.807) is 29.4 Å². The van der Waals surface area contributed by atoms with Crippen LogP contribution in [0.5, 0.6) is 0 Å². The highest BCUT2D eigenvalue weighted by Crippen LogP contribution is 2.24. The smallest absolute Gasteiger partial charge is 0.317 e. The van der Waals surface area contributed by atoms with E-state index in [1.807, 2.05) is 9.80 Å². The Balaban J connectivity index is 1.31. The molecule has 0 saturated carbocycles. The first-order chi connectivity index (χ1) is 14.1. The first-order valence-electron chi connectivity index (χ1n) is 10.7. The van der Waals surface area contributed by atoms with E-state index in [9.17, 15) is 14.4 Å². The number of aromatic nitrogens is 1. The number of nitrogens with one attached hydrogen (secondary N) is 1. The van der Waals surface area contributed by atoms with Crippen molar-refractivity contribution in [3.05, 3.63) is 30.1 Å². The molecule has 1 aromatic heterocycles. The topological polar surface area (TPSA) is 85.8 Å². The van der Waals surface area contributed by atoms with E-state index in [0.29, 0.717) is 31.7 Å². The van der Waals surface area contributed by atoms with Gasteiger partial charge in [-0.25, -0.2) is 4.79 Å². The molecule has 0 aliphatic carbocycles. The summed E-state index contributed by atoms with van der Waals surface area (Å²) in [6, 6.07) is 3.68. The number of rotatable bonds is 3. The third-order valence-electron chi connectivity index (χ3n) is 6.31. The standard InChI is InChI=1S/C21H29N5O3/c27-19(16-4-9-22-10-5-16)25-11-1-3-17(15-25)20(28)24-13-6-18(7-14-24)26-12-2-8-23-21(26)29/h4-5,9-10,17-18H,1-3,6-8,11-15H2,(H,23,29). The molecule has 1 aromatic rings. The van der Waals surface area contributed by atoms with Crippen LogP contribution in [0.15, 0.2) is 24.5 Å². The van der Waals surface area contributed by atoms with Crippen LogP contribution >= 0.6 is 0 Å². The molecule has 1 unspecified atom stereocenters. The summed E-state index contributed by atoms with van der Waals surface area (Å²) in [6.07, 6.45) is 7.54. The van der Waals surface area contributed by atoms with E-state index in [0.717, 1.165) is 45.2 Å². The molecule has 4 heterocycles. The number of likely N-dealkylation sites (tertiary alicyclic amines) is 2. The van der Waals surface area contributed by atoms with E-state index in [4.69, 9.17) is 0 Å². The third kappa shape index (κ3) is 4.36.